The Hall–Kier alpha value is -1.16. The number of allylic oxidation sites excluding steroid dienone is 2. The standard InChI is InChI=1S/C13H18N2OS/c1-9(2)11-8-17-13(14-11)15-12(16)10-6-4-3-5-7-10/h3-4,8-10H,5-7H2,1-2H3,(H,14,15,16). The van der Waals surface area contributed by atoms with E-state index in [0.29, 0.717) is 5.92 Å². The lowest BCUT2D eigenvalue weighted by Gasteiger charge is -2.15. The number of rotatable bonds is 3. The van der Waals surface area contributed by atoms with Gasteiger partial charge in [-0.05, 0) is 25.2 Å². The van der Waals surface area contributed by atoms with Gasteiger partial charge in [-0.1, -0.05) is 26.0 Å². The molecule has 1 aromatic heterocycles. The van der Waals surface area contributed by atoms with Gasteiger partial charge in [-0.2, -0.15) is 0 Å². The van der Waals surface area contributed by atoms with Crippen molar-refractivity contribution in [2.75, 3.05) is 5.32 Å². The van der Waals surface area contributed by atoms with E-state index in [1.54, 1.807) is 0 Å². The zero-order valence-electron chi connectivity index (χ0n) is 10.3. The molecule has 0 aliphatic heterocycles. The normalized spacial score (nSPS) is 19.6. The highest BCUT2D eigenvalue weighted by atomic mass is 32.1. The number of carbonyl (C=O) groups is 1. The second-order valence-corrected chi connectivity index (χ2v) is 5.56. The number of nitrogens with one attached hydrogen (secondary N) is 1. The van der Waals surface area contributed by atoms with Gasteiger partial charge < -0.3 is 5.32 Å². The summed E-state index contributed by atoms with van der Waals surface area (Å²) in [6, 6.07) is 0. The van der Waals surface area contributed by atoms with Crippen molar-refractivity contribution in [2.24, 2.45) is 5.92 Å². The van der Waals surface area contributed by atoms with E-state index < -0.39 is 0 Å². The molecule has 0 saturated carbocycles. The lowest BCUT2D eigenvalue weighted by Crippen LogP contribution is -2.23. The SMILES string of the molecule is CC(C)c1csc(NC(=O)C2CC=CCC2)n1. The Morgan fingerprint density at radius 2 is 2.35 bits per heavy atom. The van der Waals surface area contributed by atoms with Crippen LogP contribution < -0.4 is 5.32 Å². The molecule has 0 spiro atoms. The van der Waals surface area contributed by atoms with E-state index in [-0.39, 0.29) is 11.8 Å². The smallest absolute Gasteiger partial charge is 0.229 e. The Balaban J connectivity index is 1.95. The molecule has 1 atom stereocenters. The Labute approximate surface area is 106 Å². The molecule has 0 fully saturated rings. The molecule has 1 unspecified atom stereocenters. The lowest BCUT2D eigenvalue weighted by atomic mass is 9.94. The highest BCUT2D eigenvalue weighted by Crippen LogP contribution is 2.24. The van der Waals surface area contributed by atoms with Crippen LogP contribution >= 0.6 is 11.3 Å². The first-order chi connectivity index (χ1) is 8.16. The number of amides is 1. The number of carbonyl (C=O) groups excluding carboxylic acids is 1. The van der Waals surface area contributed by atoms with Gasteiger partial charge in [0.15, 0.2) is 5.13 Å². The van der Waals surface area contributed by atoms with Crippen LogP contribution in [0.4, 0.5) is 5.13 Å². The monoisotopic (exact) mass is 250 g/mol. The summed E-state index contributed by atoms with van der Waals surface area (Å²) < 4.78 is 0. The van der Waals surface area contributed by atoms with Crippen molar-refractivity contribution in [1.82, 2.24) is 4.98 Å². The van der Waals surface area contributed by atoms with Crippen LogP contribution in [0.2, 0.25) is 0 Å². The molecular formula is C13H18N2OS. The molecule has 0 saturated heterocycles. The quantitative estimate of drug-likeness (QED) is 0.833. The first-order valence-electron chi connectivity index (χ1n) is 6.08. The third-order valence-corrected chi connectivity index (χ3v) is 3.76. The van der Waals surface area contributed by atoms with Gasteiger partial charge in [0.05, 0.1) is 5.69 Å². The van der Waals surface area contributed by atoms with Crippen LogP contribution in [0.15, 0.2) is 17.5 Å². The minimum Gasteiger partial charge on any atom is -0.302 e. The maximum atomic E-state index is 12.0. The Bertz CT molecular complexity index is 423. The molecule has 92 valence electrons. The minimum atomic E-state index is 0.110. The van der Waals surface area contributed by atoms with E-state index in [1.165, 1.54) is 11.3 Å². The zero-order chi connectivity index (χ0) is 12.3. The lowest BCUT2D eigenvalue weighted by molar-refractivity contribution is -0.120. The van der Waals surface area contributed by atoms with Gasteiger partial charge in [0.2, 0.25) is 5.91 Å². The fourth-order valence-corrected chi connectivity index (χ4v) is 2.72. The number of anilines is 1. The molecule has 1 amide bonds. The van der Waals surface area contributed by atoms with E-state index in [4.69, 9.17) is 0 Å². The molecule has 1 aromatic rings. The van der Waals surface area contributed by atoms with Gasteiger partial charge in [0.1, 0.15) is 0 Å². The zero-order valence-corrected chi connectivity index (χ0v) is 11.1. The molecule has 1 aliphatic rings. The van der Waals surface area contributed by atoms with Crippen LogP contribution in [0, 0.1) is 5.92 Å². The van der Waals surface area contributed by atoms with Crippen LogP contribution in [0.3, 0.4) is 0 Å². The Morgan fingerprint density at radius 1 is 1.53 bits per heavy atom. The number of thiazole rings is 1. The number of hydrogen-bond donors (Lipinski definition) is 1. The number of hydrogen-bond acceptors (Lipinski definition) is 3. The molecule has 17 heavy (non-hydrogen) atoms. The average Bonchev–Trinajstić information content (AvgIpc) is 2.79. The van der Waals surface area contributed by atoms with Crippen molar-refractivity contribution < 1.29 is 4.79 Å². The summed E-state index contributed by atoms with van der Waals surface area (Å²) in [4.78, 5) is 16.4. The van der Waals surface area contributed by atoms with Crippen molar-refractivity contribution in [3.8, 4) is 0 Å². The maximum absolute atomic E-state index is 12.0. The summed E-state index contributed by atoms with van der Waals surface area (Å²) in [6.45, 7) is 4.21. The van der Waals surface area contributed by atoms with Gasteiger partial charge in [0.25, 0.3) is 0 Å². The van der Waals surface area contributed by atoms with Gasteiger partial charge in [-0.25, -0.2) is 4.98 Å². The molecule has 0 bridgehead atoms. The van der Waals surface area contributed by atoms with Crippen LogP contribution in [0.25, 0.3) is 0 Å². The van der Waals surface area contributed by atoms with E-state index in [0.717, 1.165) is 30.1 Å². The van der Waals surface area contributed by atoms with E-state index in [9.17, 15) is 4.79 Å². The van der Waals surface area contributed by atoms with E-state index in [1.807, 2.05) is 5.38 Å². The molecule has 2 rings (SSSR count). The van der Waals surface area contributed by atoms with Crippen LogP contribution in [0.5, 0.6) is 0 Å². The van der Waals surface area contributed by atoms with E-state index >= 15 is 0 Å². The van der Waals surface area contributed by atoms with Gasteiger partial charge in [0, 0.05) is 11.3 Å². The summed E-state index contributed by atoms with van der Waals surface area (Å²) in [6.07, 6.45) is 7.05. The fraction of sp³-hybridized carbons (Fsp3) is 0.538. The van der Waals surface area contributed by atoms with E-state index in [2.05, 4.69) is 36.3 Å². The first kappa shape index (κ1) is 12.3. The molecule has 0 aromatic carbocycles. The predicted octanol–water partition coefficient (Wildman–Crippen LogP) is 3.56. The number of nitrogens with zero attached hydrogens (tertiary/aromatic N) is 1. The largest absolute Gasteiger partial charge is 0.302 e. The predicted molar refractivity (Wildman–Crippen MR) is 71.3 cm³/mol. The second-order valence-electron chi connectivity index (χ2n) is 4.70. The van der Waals surface area contributed by atoms with Gasteiger partial charge >= 0.3 is 0 Å². The van der Waals surface area contributed by atoms with Crippen molar-refractivity contribution in [3.63, 3.8) is 0 Å². The maximum Gasteiger partial charge on any atom is 0.229 e. The fourth-order valence-electron chi connectivity index (χ4n) is 1.85. The topological polar surface area (TPSA) is 42.0 Å². The first-order valence-corrected chi connectivity index (χ1v) is 6.96. The highest BCUT2D eigenvalue weighted by molar-refractivity contribution is 7.13. The molecule has 1 N–H and O–H groups in total. The third-order valence-electron chi connectivity index (χ3n) is 2.98. The second kappa shape index (κ2) is 5.45. The van der Waals surface area contributed by atoms with Crippen molar-refractivity contribution >= 4 is 22.4 Å². The average molecular weight is 250 g/mol. The van der Waals surface area contributed by atoms with Crippen LogP contribution in [-0.4, -0.2) is 10.9 Å². The molecule has 3 nitrogen and oxygen atoms in total. The van der Waals surface area contributed by atoms with Crippen molar-refractivity contribution in [1.29, 1.82) is 0 Å². The molecule has 1 heterocycles. The molecule has 1 aliphatic carbocycles. The molecule has 4 heteroatoms. The minimum absolute atomic E-state index is 0.110. The molecular weight excluding hydrogens is 232 g/mol. The van der Waals surface area contributed by atoms with Crippen molar-refractivity contribution in [2.45, 2.75) is 39.0 Å². The summed E-state index contributed by atoms with van der Waals surface area (Å²) in [5, 5.41) is 5.67. The van der Waals surface area contributed by atoms with Crippen LogP contribution in [-0.2, 0) is 4.79 Å². The van der Waals surface area contributed by atoms with Gasteiger partial charge in [-0.15, -0.1) is 11.3 Å². The highest BCUT2D eigenvalue weighted by Gasteiger charge is 2.19. The molecule has 0 radical (unpaired) electrons. The summed E-state index contributed by atoms with van der Waals surface area (Å²) in [5.41, 5.74) is 1.05. The van der Waals surface area contributed by atoms with Crippen LogP contribution in [0.1, 0.15) is 44.7 Å². The van der Waals surface area contributed by atoms with Gasteiger partial charge in [-0.3, -0.25) is 4.79 Å². The number of aromatic nitrogens is 1. The Morgan fingerprint density at radius 3 is 2.94 bits per heavy atom. The Kier molecular flexibility index (Phi) is 3.94. The third kappa shape index (κ3) is 3.16. The summed E-state index contributed by atoms with van der Waals surface area (Å²) in [5.74, 6) is 0.639. The van der Waals surface area contributed by atoms with Crippen molar-refractivity contribution in [3.05, 3.63) is 23.2 Å². The summed E-state index contributed by atoms with van der Waals surface area (Å²) >= 11 is 1.51. The summed E-state index contributed by atoms with van der Waals surface area (Å²) in [7, 11) is 0.